The quantitative estimate of drug-likeness (QED) is 0.428. The molecule has 8 nitrogen and oxygen atoms in total. The summed E-state index contributed by atoms with van der Waals surface area (Å²) >= 11 is 4.79. The maximum absolute atomic E-state index is 11.8. The maximum atomic E-state index is 11.8. The van der Waals surface area contributed by atoms with E-state index >= 15 is 0 Å². The van der Waals surface area contributed by atoms with Gasteiger partial charge in [-0.3, -0.25) is 35.9 Å². The molecule has 20 heavy (non-hydrogen) atoms. The smallest absolute Gasteiger partial charge is 0.270 e. The number of nitro groups is 1. The number of non-ortho nitro benzene ring substituents is 1. The fraction of sp³-hybridized carbons (Fsp3) is 0.182. The van der Waals surface area contributed by atoms with Crippen molar-refractivity contribution >= 4 is 34.8 Å². The van der Waals surface area contributed by atoms with Crippen molar-refractivity contribution in [1.82, 2.24) is 16.2 Å². The molecule has 0 spiro atoms. The number of carbonyl (C=O) groups is 2. The molecule has 106 valence electrons. The first-order valence-corrected chi connectivity index (χ1v) is 5.99. The largest absolute Gasteiger partial charge is 0.298 e. The molecule has 0 aliphatic rings. The molecule has 0 unspecified atom stereocenters. The van der Waals surface area contributed by atoms with Crippen LogP contribution in [0.1, 0.15) is 23.7 Å². The van der Waals surface area contributed by atoms with E-state index < -0.39 is 10.8 Å². The summed E-state index contributed by atoms with van der Waals surface area (Å²) in [4.78, 5) is 32.7. The van der Waals surface area contributed by atoms with Crippen molar-refractivity contribution in [3.05, 3.63) is 39.9 Å². The molecule has 0 aromatic heterocycles. The zero-order valence-electron chi connectivity index (χ0n) is 10.5. The van der Waals surface area contributed by atoms with Gasteiger partial charge in [0, 0.05) is 24.1 Å². The van der Waals surface area contributed by atoms with E-state index in [1.807, 2.05) is 0 Å². The second kappa shape index (κ2) is 7.14. The van der Waals surface area contributed by atoms with Gasteiger partial charge in [-0.15, -0.1) is 0 Å². The molecule has 0 saturated carbocycles. The fourth-order valence-electron chi connectivity index (χ4n) is 1.18. The van der Waals surface area contributed by atoms with E-state index in [0.717, 1.165) is 6.07 Å². The van der Waals surface area contributed by atoms with Crippen molar-refractivity contribution < 1.29 is 14.5 Å². The molecule has 0 radical (unpaired) electrons. The van der Waals surface area contributed by atoms with Crippen LogP contribution in [-0.2, 0) is 4.79 Å². The van der Waals surface area contributed by atoms with Crippen LogP contribution in [0.3, 0.4) is 0 Å². The molecular weight excluding hydrogens is 284 g/mol. The van der Waals surface area contributed by atoms with Crippen molar-refractivity contribution in [3.63, 3.8) is 0 Å². The minimum Gasteiger partial charge on any atom is -0.298 e. The van der Waals surface area contributed by atoms with Gasteiger partial charge in [0.2, 0.25) is 5.91 Å². The zero-order valence-corrected chi connectivity index (χ0v) is 11.3. The Kier molecular flexibility index (Phi) is 5.54. The van der Waals surface area contributed by atoms with E-state index in [9.17, 15) is 19.7 Å². The van der Waals surface area contributed by atoms with Crippen LogP contribution in [0.2, 0.25) is 0 Å². The number of benzene rings is 1. The van der Waals surface area contributed by atoms with Crippen molar-refractivity contribution in [2.45, 2.75) is 13.3 Å². The highest BCUT2D eigenvalue weighted by molar-refractivity contribution is 7.80. The van der Waals surface area contributed by atoms with E-state index in [0.29, 0.717) is 0 Å². The Labute approximate surface area is 119 Å². The molecule has 9 heteroatoms. The molecule has 3 N–H and O–H groups in total. The van der Waals surface area contributed by atoms with E-state index in [1.54, 1.807) is 6.92 Å². The number of amides is 2. The lowest BCUT2D eigenvalue weighted by Gasteiger charge is -2.09. The third-order valence-corrected chi connectivity index (χ3v) is 2.39. The molecule has 0 atom stereocenters. The average molecular weight is 296 g/mol. The third kappa shape index (κ3) is 4.61. The Morgan fingerprint density at radius 2 is 2.05 bits per heavy atom. The molecular formula is C11H12N4O4S. The Bertz CT molecular complexity index is 561. The SMILES string of the molecule is CCC(=O)NNC(=S)NC(=O)c1cccc([N+](=O)[O-])c1. The molecule has 1 aromatic carbocycles. The van der Waals surface area contributed by atoms with Gasteiger partial charge in [0.15, 0.2) is 5.11 Å². The second-order valence-electron chi connectivity index (χ2n) is 3.62. The number of nitrogens with zero attached hydrogens (tertiary/aromatic N) is 1. The van der Waals surface area contributed by atoms with Crippen LogP contribution < -0.4 is 16.2 Å². The normalized spacial score (nSPS) is 9.45. The van der Waals surface area contributed by atoms with Crippen molar-refractivity contribution in [1.29, 1.82) is 0 Å². The first-order valence-electron chi connectivity index (χ1n) is 5.58. The van der Waals surface area contributed by atoms with Crippen LogP contribution in [0, 0.1) is 10.1 Å². The highest BCUT2D eigenvalue weighted by atomic mass is 32.1. The first-order chi connectivity index (χ1) is 9.43. The van der Waals surface area contributed by atoms with Gasteiger partial charge >= 0.3 is 0 Å². The zero-order chi connectivity index (χ0) is 15.1. The molecule has 2 amide bonds. The van der Waals surface area contributed by atoms with Gasteiger partial charge in [0.05, 0.1) is 4.92 Å². The molecule has 0 fully saturated rings. The lowest BCUT2D eigenvalue weighted by atomic mass is 10.2. The number of hydrogen-bond acceptors (Lipinski definition) is 5. The van der Waals surface area contributed by atoms with Gasteiger partial charge in [-0.25, -0.2) is 0 Å². The van der Waals surface area contributed by atoms with Gasteiger partial charge in [-0.2, -0.15) is 0 Å². The number of nitrogens with one attached hydrogen (secondary N) is 3. The van der Waals surface area contributed by atoms with Crippen LogP contribution >= 0.6 is 12.2 Å². The van der Waals surface area contributed by atoms with Crippen LogP contribution in [0.5, 0.6) is 0 Å². The van der Waals surface area contributed by atoms with Crippen LogP contribution in [0.4, 0.5) is 5.69 Å². The Balaban J connectivity index is 2.62. The summed E-state index contributed by atoms with van der Waals surface area (Å²) in [5, 5.41) is 12.8. The topological polar surface area (TPSA) is 113 Å². The number of nitro benzene ring substituents is 1. The summed E-state index contributed by atoms with van der Waals surface area (Å²) in [7, 11) is 0. The summed E-state index contributed by atoms with van der Waals surface area (Å²) in [6.07, 6.45) is 0.258. The molecule has 0 aliphatic heterocycles. The average Bonchev–Trinajstić information content (AvgIpc) is 2.44. The molecule has 1 aromatic rings. The molecule has 0 aliphatic carbocycles. The van der Waals surface area contributed by atoms with E-state index in [-0.39, 0.29) is 28.7 Å². The Hall–Kier alpha value is -2.55. The van der Waals surface area contributed by atoms with Crippen molar-refractivity contribution in [3.8, 4) is 0 Å². The number of carbonyl (C=O) groups excluding carboxylic acids is 2. The molecule has 0 heterocycles. The number of thiocarbonyl (C=S) groups is 1. The number of hydrogen-bond donors (Lipinski definition) is 3. The summed E-state index contributed by atoms with van der Waals surface area (Å²) in [6, 6.07) is 5.20. The number of hydrazine groups is 1. The van der Waals surface area contributed by atoms with Gasteiger partial charge in [-0.1, -0.05) is 13.0 Å². The van der Waals surface area contributed by atoms with Crippen molar-refractivity contribution in [2.75, 3.05) is 0 Å². The van der Waals surface area contributed by atoms with Gasteiger partial charge in [-0.05, 0) is 18.3 Å². The summed E-state index contributed by atoms with van der Waals surface area (Å²) in [6.45, 7) is 1.65. The number of rotatable bonds is 3. The first kappa shape index (κ1) is 15.5. The monoisotopic (exact) mass is 296 g/mol. The minimum absolute atomic E-state index is 0.0881. The van der Waals surface area contributed by atoms with Crippen LogP contribution in [0.25, 0.3) is 0 Å². The standard InChI is InChI=1S/C11H12N4O4S/c1-2-9(16)13-14-11(20)12-10(17)7-4-3-5-8(6-7)15(18)19/h3-6H,2H2,1H3,(H,13,16)(H2,12,14,17,20). The van der Waals surface area contributed by atoms with Crippen LogP contribution in [0.15, 0.2) is 24.3 Å². The highest BCUT2D eigenvalue weighted by Gasteiger charge is 2.12. The van der Waals surface area contributed by atoms with Crippen molar-refractivity contribution in [2.24, 2.45) is 0 Å². The second-order valence-corrected chi connectivity index (χ2v) is 4.03. The van der Waals surface area contributed by atoms with Crippen LogP contribution in [-0.4, -0.2) is 21.9 Å². The van der Waals surface area contributed by atoms with E-state index in [1.165, 1.54) is 18.2 Å². The molecule has 0 saturated heterocycles. The summed E-state index contributed by atoms with van der Waals surface area (Å²) in [5.74, 6) is -0.908. The van der Waals surface area contributed by atoms with Gasteiger partial charge < -0.3 is 0 Å². The lowest BCUT2D eigenvalue weighted by molar-refractivity contribution is -0.384. The summed E-state index contributed by atoms with van der Waals surface area (Å²) in [5.41, 5.74) is 4.49. The van der Waals surface area contributed by atoms with E-state index in [4.69, 9.17) is 12.2 Å². The lowest BCUT2D eigenvalue weighted by Crippen LogP contribution is -2.48. The van der Waals surface area contributed by atoms with Gasteiger partial charge in [0.1, 0.15) is 0 Å². The maximum Gasteiger partial charge on any atom is 0.270 e. The molecule has 0 bridgehead atoms. The Morgan fingerprint density at radius 3 is 2.65 bits per heavy atom. The van der Waals surface area contributed by atoms with E-state index in [2.05, 4.69) is 16.2 Å². The molecule has 1 rings (SSSR count). The van der Waals surface area contributed by atoms with Gasteiger partial charge in [0.25, 0.3) is 11.6 Å². The highest BCUT2D eigenvalue weighted by Crippen LogP contribution is 2.12. The predicted octanol–water partition coefficient (Wildman–Crippen LogP) is 0.640. The minimum atomic E-state index is -0.614. The third-order valence-electron chi connectivity index (χ3n) is 2.18. The summed E-state index contributed by atoms with van der Waals surface area (Å²) < 4.78 is 0. The Morgan fingerprint density at radius 1 is 1.35 bits per heavy atom. The predicted molar refractivity (Wildman–Crippen MR) is 74.7 cm³/mol. The fourth-order valence-corrected chi connectivity index (χ4v) is 1.33.